The first-order valence-corrected chi connectivity index (χ1v) is 10.8. The van der Waals surface area contributed by atoms with Crippen molar-refractivity contribution >= 4 is 11.8 Å². The fraction of sp³-hybridized carbons (Fsp3) is 0.269. The van der Waals surface area contributed by atoms with E-state index < -0.39 is 0 Å². The number of likely N-dealkylation sites (tertiary alicyclic amines) is 1. The van der Waals surface area contributed by atoms with Gasteiger partial charge in [0.1, 0.15) is 5.75 Å². The molecule has 6 nitrogen and oxygen atoms in total. The number of carbonyl (C=O) groups excluding carboxylic acids is 2. The highest BCUT2D eigenvalue weighted by Gasteiger charge is 2.34. The smallest absolute Gasteiger partial charge is 0.253 e. The zero-order valence-corrected chi connectivity index (χ0v) is 18.1. The number of methoxy groups -OCH3 is 1. The molecule has 1 saturated heterocycles. The van der Waals surface area contributed by atoms with Gasteiger partial charge in [0.25, 0.3) is 5.91 Å². The molecule has 32 heavy (non-hydrogen) atoms. The van der Waals surface area contributed by atoms with Crippen LogP contribution in [0.15, 0.2) is 79.1 Å². The van der Waals surface area contributed by atoms with Gasteiger partial charge in [0, 0.05) is 43.5 Å². The maximum absolute atomic E-state index is 13.3. The van der Waals surface area contributed by atoms with Gasteiger partial charge in [0.2, 0.25) is 5.91 Å². The predicted octanol–water partition coefficient (Wildman–Crippen LogP) is 3.65. The van der Waals surface area contributed by atoms with Gasteiger partial charge in [-0.1, -0.05) is 36.4 Å². The second-order valence-corrected chi connectivity index (χ2v) is 8.06. The van der Waals surface area contributed by atoms with Crippen LogP contribution in [0, 0.1) is 5.92 Å². The van der Waals surface area contributed by atoms with Crippen LogP contribution < -0.4 is 10.1 Å². The van der Waals surface area contributed by atoms with Crippen LogP contribution in [0.1, 0.15) is 33.8 Å². The molecular weight excluding hydrogens is 402 g/mol. The monoisotopic (exact) mass is 429 g/mol. The number of aromatic nitrogens is 1. The molecule has 2 heterocycles. The summed E-state index contributed by atoms with van der Waals surface area (Å²) >= 11 is 0. The van der Waals surface area contributed by atoms with E-state index in [2.05, 4.69) is 22.4 Å². The number of benzene rings is 2. The molecule has 2 aromatic carbocycles. The van der Waals surface area contributed by atoms with Crippen molar-refractivity contribution in [2.45, 2.75) is 18.9 Å². The summed E-state index contributed by atoms with van der Waals surface area (Å²) in [6, 6.07) is 21.0. The summed E-state index contributed by atoms with van der Waals surface area (Å²) in [6.07, 6.45) is 4.16. The number of ether oxygens (including phenoxy) is 1. The summed E-state index contributed by atoms with van der Waals surface area (Å²) in [6.45, 7) is 1.40. The molecule has 0 aliphatic carbocycles. The van der Waals surface area contributed by atoms with Gasteiger partial charge in [-0.25, -0.2) is 0 Å². The largest absolute Gasteiger partial charge is 0.497 e. The quantitative estimate of drug-likeness (QED) is 0.649. The van der Waals surface area contributed by atoms with Crippen LogP contribution in [0.5, 0.6) is 5.75 Å². The fourth-order valence-corrected chi connectivity index (χ4v) is 4.17. The lowest BCUT2D eigenvalue weighted by atomic mass is 9.83. The van der Waals surface area contributed by atoms with Crippen LogP contribution in [-0.4, -0.2) is 41.9 Å². The molecule has 0 bridgehead atoms. The van der Waals surface area contributed by atoms with Crippen LogP contribution in [-0.2, 0) is 11.3 Å². The van der Waals surface area contributed by atoms with Crippen molar-refractivity contribution in [3.63, 3.8) is 0 Å². The first kappa shape index (κ1) is 21.6. The molecule has 6 heteroatoms. The van der Waals surface area contributed by atoms with E-state index in [4.69, 9.17) is 4.74 Å². The highest BCUT2D eigenvalue weighted by molar-refractivity contribution is 5.95. The van der Waals surface area contributed by atoms with E-state index in [1.54, 1.807) is 48.7 Å². The van der Waals surface area contributed by atoms with Crippen LogP contribution in [0.25, 0.3) is 0 Å². The predicted molar refractivity (Wildman–Crippen MR) is 122 cm³/mol. The van der Waals surface area contributed by atoms with Crippen molar-refractivity contribution in [1.29, 1.82) is 0 Å². The van der Waals surface area contributed by atoms with Gasteiger partial charge < -0.3 is 15.0 Å². The number of nitrogens with zero attached hydrogens (tertiary/aromatic N) is 2. The van der Waals surface area contributed by atoms with Crippen molar-refractivity contribution in [2.24, 2.45) is 5.92 Å². The van der Waals surface area contributed by atoms with Crippen LogP contribution >= 0.6 is 0 Å². The molecule has 2 atom stereocenters. The van der Waals surface area contributed by atoms with E-state index in [1.807, 2.05) is 30.3 Å². The minimum Gasteiger partial charge on any atom is -0.497 e. The number of nitrogens with one attached hydrogen (secondary N) is 1. The summed E-state index contributed by atoms with van der Waals surface area (Å²) < 4.78 is 5.20. The highest BCUT2D eigenvalue weighted by atomic mass is 16.5. The van der Waals surface area contributed by atoms with Crippen LogP contribution in [0.3, 0.4) is 0 Å². The molecule has 1 fully saturated rings. The Morgan fingerprint density at radius 3 is 2.50 bits per heavy atom. The Balaban J connectivity index is 1.51. The summed E-state index contributed by atoms with van der Waals surface area (Å²) in [5, 5.41) is 3.02. The summed E-state index contributed by atoms with van der Waals surface area (Å²) in [4.78, 5) is 32.2. The minimum absolute atomic E-state index is 0.0398. The van der Waals surface area contributed by atoms with Gasteiger partial charge in [-0.3, -0.25) is 14.6 Å². The van der Waals surface area contributed by atoms with E-state index >= 15 is 0 Å². The average Bonchev–Trinajstić information content (AvgIpc) is 2.87. The summed E-state index contributed by atoms with van der Waals surface area (Å²) in [7, 11) is 1.60. The van der Waals surface area contributed by atoms with Crippen molar-refractivity contribution in [3.8, 4) is 5.75 Å². The molecule has 4 rings (SSSR count). The maximum Gasteiger partial charge on any atom is 0.253 e. The zero-order chi connectivity index (χ0) is 22.3. The maximum atomic E-state index is 13.3. The average molecular weight is 430 g/mol. The number of pyridine rings is 1. The second kappa shape index (κ2) is 10.1. The van der Waals surface area contributed by atoms with Gasteiger partial charge in [-0.05, 0) is 47.9 Å². The third kappa shape index (κ3) is 5.14. The first-order valence-electron chi connectivity index (χ1n) is 10.8. The third-order valence-corrected chi connectivity index (χ3v) is 5.91. The van der Waals surface area contributed by atoms with E-state index in [1.165, 1.54) is 0 Å². The molecule has 1 aromatic heterocycles. The van der Waals surface area contributed by atoms with Crippen molar-refractivity contribution < 1.29 is 14.3 Å². The van der Waals surface area contributed by atoms with Gasteiger partial charge >= 0.3 is 0 Å². The standard InChI is InChI=1S/C26H27N3O3/c1-32-24-11-9-21(10-12-24)26(31)29-17-22(20-7-3-2-4-8-20)14-23(18-29)25(30)28-16-19-6-5-13-27-15-19/h2-13,15,22-23H,14,16-18H2,1H3,(H,28,30)/t22-,23-/m1/s1. The zero-order valence-electron chi connectivity index (χ0n) is 18.1. The minimum atomic E-state index is -0.284. The molecule has 0 spiro atoms. The molecule has 164 valence electrons. The fourth-order valence-electron chi connectivity index (χ4n) is 4.17. The normalized spacial score (nSPS) is 18.1. The molecular formula is C26H27N3O3. The Morgan fingerprint density at radius 2 is 1.81 bits per heavy atom. The summed E-state index contributed by atoms with van der Waals surface area (Å²) in [5.74, 6) is 0.407. The SMILES string of the molecule is COc1ccc(C(=O)N2C[C@H](C(=O)NCc3cccnc3)C[C@@H](c3ccccc3)C2)cc1. The molecule has 1 aliphatic heterocycles. The van der Waals surface area contributed by atoms with Crippen molar-refractivity contribution in [3.05, 3.63) is 95.8 Å². The molecule has 0 radical (unpaired) electrons. The van der Waals surface area contributed by atoms with Crippen molar-refractivity contribution in [1.82, 2.24) is 15.2 Å². The Hall–Kier alpha value is -3.67. The second-order valence-electron chi connectivity index (χ2n) is 8.06. The number of piperidine rings is 1. The van der Waals surface area contributed by atoms with Crippen LogP contribution in [0.2, 0.25) is 0 Å². The Kier molecular flexibility index (Phi) is 6.80. The van der Waals surface area contributed by atoms with Gasteiger partial charge in [-0.15, -0.1) is 0 Å². The first-order chi connectivity index (χ1) is 15.6. The summed E-state index contributed by atoms with van der Waals surface area (Å²) in [5.41, 5.74) is 2.68. The van der Waals surface area contributed by atoms with Gasteiger partial charge in [0.15, 0.2) is 0 Å². The molecule has 1 N–H and O–H groups in total. The van der Waals surface area contributed by atoms with Crippen LogP contribution in [0.4, 0.5) is 0 Å². The highest BCUT2D eigenvalue weighted by Crippen LogP contribution is 2.31. The van der Waals surface area contributed by atoms with E-state index in [0.29, 0.717) is 37.4 Å². The molecule has 1 aliphatic rings. The lowest BCUT2D eigenvalue weighted by Crippen LogP contribution is -2.48. The third-order valence-electron chi connectivity index (χ3n) is 5.91. The Bertz CT molecular complexity index is 1040. The van der Waals surface area contributed by atoms with E-state index in [9.17, 15) is 9.59 Å². The lowest BCUT2D eigenvalue weighted by molar-refractivity contribution is -0.126. The Labute approximate surface area is 188 Å². The molecule has 0 unspecified atom stereocenters. The number of hydrogen-bond donors (Lipinski definition) is 1. The topological polar surface area (TPSA) is 71.5 Å². The number of rotatable bonds is 6. The number of amides is 2. The molecule has 0 saturated carbocycles. The van der Waals surface area contributed by atoms with E-state index in [0.717, 1.165) is 11.1 Å². The number of hydrogen-bond acceptors (Lipinski definition) is 4. The van der Waals surface area contributed by atoms with Gasteiger partial charge in [0.05, 0.1) is 13.0 Å². The number of carbonyl (C=O) groups is 2. The molecule has 2 amide bonds. The van der Waals surface area contributed by atoms with Gasteiger partial charge in [-0.2, -0.15) is 0 Å². The molecule has 3 aromatic rings. The lowest BCUT2D eigenvalue weighted by Gasteiger charge is -2.37. The van der Waals surface area contributed by atoms with Crippen molar-refractivity contribution in [2.75, 3.05) is 20.2 Å². The Morgan fingerprint density at radius 1 is 1.03 bits per heavy atom. The van der Waals surface area contributed by atoms with E-state index in [-0.39, 0.29) is 23.7 Å².